The number of halogens is 1. The van der Waals surface area contributed by atoms with E-state index >= 15 is 0 Å². The Morgan fingerprint density at radius 3 is 2.36 bits per heavy atom. The number of hydrogen-bond acceptors (Lipinski definition) is 4. The van der Waals surface area contributed by atoms with Gasteiger partial charge in [0.1, 0.15) is 22.7 Å². The van der Waals surface area contributed by atoms with Crippen molar-refractivity contribution in [3.8, 4) is 0 Å². The summed E-state index contributed by atoms with van der Waals surface area (Å²) >= 11 is 0. The van der Waals surface area contributed by atoms with Gasteiger partial charge in [-0.2, -0.15) is 0 Å². The molecular weight excluding hydrogens is 417 g/mol. The molecule has 0 atom stereocenters. The summed E-state index contributed by atoms with van der Waals surface area (Å²) in [7, 11) is 0. The summed E-state index contributed by atoms with van der Waals surface area (Å²) in [6.45, 7) is 4.33. The number of carbonyl (C=O) groups excluding carboxylic acids is 1. The third-order valence-electron chi connectivity index (χ3n) is 5.84. The lowest BCUT2D eigenvalue weighted by molar-refractivity contribution is 0.102. The quantitative estimate of drug-likeness (QED) is 0.402. The van der Waals surface area contributed by atoms with Crippen molar-refractivity contribution >= 4 is 39.6 Å². The summed E-state index contributed by atoms with van der Waals surface area (Å²) in [5.41, 5.74) is 12.8. The lowest BCUT2D eigenvalue weighted by Crippen LogP contribution is -2.15. The Morgan fingerprint density at radius 1 is 0.970 bits per heavy atom. The third-order valence-corrected chi connectivity index (χ3v) is 5.84. The minimum atomic E-state index is -0.358. The second-order valence-electron chi connectivity index (χ2n) is 8.11. The van der Waals surface area contributed by atoms with Crippen molar-refractivity contribution in [1.82, 2.24) is 14.5 Å². The van der Waals surface area contributed by atoms with Crippen LogP contribution in [0.15, 0.2) is 66.7 Å². The molecule has 0 fully saturated rings. The van der Waals surface area contributed by atoms with Crippen LogP contribution in [-0.4, -0.2) is 20.4 Å². The fraction of sp³-hybridized carbons (Fsp3) is 0.115. The lowest BCUT2D eigenvalue weighted by atomic mass is 10.1. The molecule has 2 aromatic heterocycles. The van der Waals surface area contributed by atoms with E-state index in [4.69, 9.17) is 15.7 Å². The molecule has 1 amide bonds. The monoisotopic (exact) mass is 439 g/mol. The van der Waals surface area contributed by atoms with Crippen molar-refractivity contribution in [2.24, 2.45) is 0 Å². The third kappa shape index (κ3) is 3.78. The minimum Gasteiger partial charge on any atom is -0.384 e. The minimum absolute atomic E-state index is 0.256. The number of carbonyl (C=O) groups is 1. The van der Waals surface area contributed by atoms with E-state index in [-0.39, 0.29) is 23.1 Å². The maximum Gasteiger partial charge on any atom is 0.261 e. The number of benzene rings is 3. The number of para-hydroxylation sites is 2. The molecule has 0 aliphatic rings. The number of nitrogens with one attached hydrogen (secondary N) is 1. The summed E-state index contributed by atoms with van der Waals surface area (Å²) in [4.78, 5) is 22.8. The molecule has 0 saturated carbocycles. The summed E-state index contributed by atoms with van der Waals surface area (Å²) in [5, 5.41) is 2.94. The van der Waals surface area contributed by atoms with Crippen LogP contribution in [0.25, 0.3) is 22.2 Å². The number of anilines is 2. The van der Waals surface area contributed by atoms with E-state index in [0.29, 0.717) is 34.4 Å². The fourth-order valence-corrected chi connectivity index (χ4v) is 3.89. The predicted molar refractivity (Wildman–Crippen MR) is 129 cm³/mol. The molecule has 0 radical (unpaired) electrons. The molecular formula is C26H22FN5O. The molecule has 0 aliphatic carbocycles. The van der Waals surface area contributed by atoms with E-state index < -0.39 is 0 Å². The Bertz CT molecular complexity index is 1520. The van der Waals surface area contributed by atoms with Gasteiger partial charge in [-0.05, 0) is 66.9 Å². The van der Waals surface area contributed by atoms with Crippen LogP contribution < -0.4 is 11.1 Å². The van der Waals surface area contributed by atoms with Crippen LogP contribution in [0.1, 0.15) is 27.0 Å². The van der Waals surface area contributed by atoms with Gasteiger partial charge in [-0.25, -0.2) is 14.4 Å². The highest BCUT2D eigenvalue weighted by molar-refractivity contribution is 6.16. The first kappa shape index (κ1) is 20.6. The number of nitrogens with zero attached hydrogens (tertiary/aromatic N) is 3. The van der Waals surface area contributed by atoms with Crippen molar-refractivity contribution in [2.75, 3.05) is 11.1 Å². The molecule has 5 rings (SSSR count). The molecule has 3 aromatic carbocycles. The first-order valence-corrected chi connectivity index (χ1v) is 10.6. The molecule has 3 N–H and O–H groups in total. The van der Waals surface area contributed by atoms with Gasteiger partial charge in [0.25, 0.3) is 5.91 Å². The standard InChI is InChI=1S/C26H22FN5O/c1-15-7-12-19(13-16(15)2)29-26(33)22-23-25(31-21-6-4-3-5-20(21)30-23)32(24(22)28)14-17-8-10-18(27)11-9-17/h3-13H,14,28H2,1-2H3,(H,29,33). The van der Waals surface area contributed by atoms with Crippen LogP contribution in [0.4, 0.5) is 15.9 Å². The second-order valence-corrected chi connectivity index (χ2v) is 8.11. The van der Waals surface area contributed by atoms with Crippen molar-refractivity contribution < 1.29 is 9.18 Å². The summed E-state index contributed by atoms with van der Waals surface area (Å²) < 4.78 is 15.1. The zero-order valence-corrected chi connectivity index (χ0v) is 18.3. The van der Waals surface area contributed by atoms with Gasteiger partial charge in [0.05, 0.1) is 17.6 Å². The Kier molecular flexibility index (Phi) is 5.01. The average Bonchev–Trinajstić information content (AvgIpc) is 3.06. The molecule has 2 heterocycles. The molecule has 0 aliphatic heterocycles. The Hall–Kier alpha value is -4.26. The molecule has 0 bridgehead atoms. The van der Waals surface area contributed by atoms with Crippen LogP contribution >= 0.6 is 0 Å². The molecule has 164 valence electrons. The van der Waals surface area contributed by atoms with E-state index in [1.165, 1.54) is 12.1 Å². The van der Waals surface area contributed by atoms with E-state index in [0.717, 1.165) is 16.7 Å². The highest BCUT2D eigenvalue weighted by Crippen LogP contribution is 2.29. The van der Waals surface area contributed by atoms with Crippen LogP contribution in [-0.2, 0) is 6.54 Å². The van der Waals surface area contributed by atoms with Crippen molar-refractivity contribution in [3.63, 3.8) is 0 Å². The van der Waals surface area contributed by atoms with Crippen LogP contribution in [0, 0.1) is 19.7 Å². The number of fused-ring (bicyclic) bond motifs is 2. The zero-order valence-electron chi connectivity index (χ0n) is 18.3. The number of nitrogens with two attached hydrogens (primary N) is 1. The maximum atomic E-state index is 13.4. The van der Waals surface area contributed by atoms with Gasteiger partial charge in [0, 0.05) is 5.69 Å². The van der Waals surface area contributed by atoms with Crippen molar-refractivity contribution in [3.05, 3.63) is 94.8 Å². The second kappa shape index (κ2) is 8.02. The molecule has 0 spiro atoms. The Morgan fingerprint density at radius 2 is 1.67 bits per heavy atom. The smallest absolute Gasteiger partial charge is 0.261 e. The van der Waals surface area contributed by atoms with Gasteiger partial charge in [-0.15, -0.1) is 0 Å². The number of amides is 1. The molecule has 6 nitrogen and oxygen atoms in total. The molecule has 0 saturated heterocycles. The topological polar surface area (TPSA) is 85.8 Å². The Balaban J connectivity index is 1.65. The number of nitrogen functional groups attached to an aromatic ring is 1. The number of aryl methyl sites for hydroxylation is 2. The van der Waals surface area contributed by atoms with Crippen molar-refractivity contribution in [2.45, 2.75) is 20.4 Å². The highest BCUT2D eigenvalue weighted by atomic mass is 19.1. The summed E-state index contributed by atoms with van der Waals surface area (Å²) in [5.74, 6) is -0.419. The van der Waals surface area contributed by atoms with Gasteiger partial charge >= 0.3 is 0 Å². The largest absolute Gasteiger partial charge is 0.384 e. The fourth-order valence-electron chi connectivity index (χ4n) is 3.89. The first-order valence-electron chi connectivity index (χ1n) is 10.6. The highest BCUT2D eigenvalue weighted by Gasteiger charge is 2.24. The predicted octanol–water partition coefficient (Wildman–Crippen LogP) is 5.22. The SMILES string of the molecule is Cc1ccc(NC(=O)c2c(N)n(Cc3ccc(F)cc3)c3nc4ccccc4nc23)cc1C. The number of rotatable bonds is 4. The Labute approximate surface area is 189 Å². The molecule has 33 heavy (non-hydrogen) atoms. The zero-order chi connectivity index (χ0) is 23.1. The first-order chi connectivity index (χ1) is 15.9. The van der Waals surface area contributed by atoms with Crippen LogP contribution in [0.5, 0.6) is 0 Å². The average molecular weight is 439 g/mol. The normalized spacial score (nSPS) is 11.2. The van der Waals surface area contributed by atoms with E-state index in [9.17, 15) is 9.18 Å². The van der Waals surface area contributed by atoms with Crippen LogP contribution in [0.2, 0.25) is 0 Å². The van der Waals surface area contributed by atoms with E-state index in [2.05, 4.69) is 5.32 Å². The van der Waals surface area contributed by atoms with Crippen molar-refractivity contribution in [1.29, 1.82) is 0 Å². The van der Waals surface area contributed by atoms with Gasteiger partial charge in [-0.3, -0.25) is 4.79 Å². The van der Waals surface area contributed by atoms with Crippen LogP contribution in [0.3, 0.4) is 0 Å². The van der Waals surface area contributed by atoms with Gasteiger partial charge in [0.2, 0.25) is 0 Å². The number of aromatic nitrogens is 3. The molecule has 7 heteroatoms. The number of hydrogen-bond donors (Lipinski definition) is 2. The molecule has 0 unspecified atom stereocenters. The van der Waals surface area contributed by atoms with Gasteiger partial charge in [0.15, 0.2) is 5.65 Å². The summed E-state index contributed by atoms with van der Waals surface area (Å²) in [6, 6.07) is 19.4. The maximum absolute atomic E-state index is 13.4. The summed E-state index contributed by atoms with van der Waals surface area (Å²) in [6.07, 6.45) is 0. The van der Waals surface area contributed by atoms with E-state index in [1.54, 1.807) is 16.7 Å². The van der Waals surface area contributed by atoms with Gasteiger partial charge < -0.3 is 15.6 Å². The molecule has 5 aromatic rings. The van der Waals surface area contributed by atoms with E-state index in [1.807, 2.05) is 56.3 Å². The lowest BCUT2D eigenvalue weighted by Gasteiger charge is -2.09. The van der Waals surface area contributed by atoms with Gasteiger partial charge in [-0.1, -0.05) is 30.3 Å².